The molecule has 0 unspecified atom stereocenters. The number of nitrogens with zero attached hydrogens (tertiary/aromatic N) is 6. The van der Waals surface area contributed by atoms with E-state index in [9.17, 15) is 4.79 Å². The molecule has 0 bridgehead atoms. The summed E-state index contributed by atoms with van der Waals surface area (Å²) >= 11 is 0. The number of carbonyl (C=O) groups excluding carboxylic acids is 1. The first kappa shape index (κ1) is 19.2. The van der Waals surface area contributed by atoms with Crippen molar-refractivity contribution in [3.8, 4) is 0 Å². The van der Waals surface area contributed by atoms with Gasteiger partial charge in [0.15, 0.2) is 0 Å². The van der Waals surface area contributed by atoms with E-state index in [0.717, 1.165) is 50.7 Å². The van der Waals surface area contributed by atoms with Gasteiger partial charge in [-0.25, -0.2) is 9.97 Å². The van der Waals surface area contributed by atoms with Crippen LogP contribution in [0.5, 0.6) is 0 Å². The van der Waals surface area contributed by atoms with Crippen molar-refractivity contribution in [1.82, 2.24) is 24.8 Å². The second-order valence-corrected chi connectivity index (χ2v) is 7.39. The minimum Gasteiger partial charge on any atom is -0.363 e. The minimum atomic E-state index is 0.139. The topological polar surface area (TPSA) is 65.5 Å². The number of aromatic nitrogens is 3. The van der Waals surface area contributed by atoms with Crippen LogP contribution in [0.3, 0.4) is 0 Å². The average molecular weight is 368 g/mol. The van der Waals surface area contributed by atoms with Crippen LogP contribution in [0, 0.1) is 5.92 Å². The number of carbonyl (C=O) groups is 1. The Morgan fingerprint density at radius 1 is 1.26 bits per heavy atom. The van der Waals surface area contributed by atoms with Crippen LogP contribution in [0.25, 0.3) is 0 Å². The molecule has 7 nitrogen and oxygen atoms in total. The van der Waals surface area contributed by atoms with Gasteiger partial charge in [-0.1, -0.05) is 6.07 Å². The van der Waals surface area contributed by atoms with E-state index in [0.29, 0.717) is 5.92 Å². The number of hydrogen-bond acceptors (Lipinski definition) is 6. The van der Waals surface area contributed by atoms with Crippen molar-refractivity contribution in [3.05, 3.63) is 48.2 Å². The molecule has 3 rings (SSSR count). The normalized spacial score (nSPS) is 18.2. The second-order valence-electron chi connectivity index (χ2n) is 7.39. The highest BCUT2D eigenvalue weighted by Crippen LogP contribution is 2.18. The Bertz CT molecular complexity index is 751. The number of pyridine rings is 1. The number of amides is 1. The lowest BCUT2D eigenvalue weighted by Crippen LogP contribution is -2.34. The highest BCUT2D eigenvalue weighted by molar-refractivity contribution is 5.73. The first-order valence-electron chi connectivity index (χ1n) is 9.36. The van der Waals surface area contributed by atoms with Gasteiger partial charge in [-0.2, -0.15) is 0 Å². The molecule has 0 spiro atoms. The van der Waals surface area contributed by atoms with Crippen LogP contribution >= 0.6 is 0 Å². The van der Waals surface area contributed by atoms with Gasteiger partial charge in [0.25, 0.3) is 0 Å². The van der Waals surface area contributed by atoms with Crippen LogP contribution in [0.15, 0.2) is 36.9 Å². The van der Waals surface area contributed by atoms with E-state index in [-0.39, 0.29) is 5.91 Å². The van der Waals surface area contributed by atoms with Crippen molar-refractivity contribution >= 4 is 11.7 Å². The van der Waals surface area contributed by atoms with E-state index in [2.05, 4.69) is 25.9 Å². The molecule has 2 aromatic heterocycles. The van der Waals surface area contributed by atoms with Gasteiger partial charge in [-0.15, -0.1) is 0 Å². The first-order valence-corrected chi connectivity index (χ1v) is 9.36. The summed E-state index contributed by atoms with van der Waals surface area (Å²) in [4.78, 5) is 31.3. The van der Waals surface area contributed by atoms with Gasteiger partial charge in [-0.05, 0) is 24.0 Å². The highest BCUT2D eigenvalue weighted by Gasteiger charge is 2.25. The molecule has 0 aliphatic carbocycles. The fourth-order valence-electron chi connectivity index (χ4n) is 3.53. The molecule has 1 aliphatic rings. The lowest BCUT2D eigenvalue weighted by molar-refractivity contribution is -0.129. The molecule has 0 aromatic carbocycles. The second kappa shape index (κ2) is 8.90. The zero-order valence-corrected chi connectivity index (χ0v) is 16.4. The Kier molecular flexibility index (Phi) is 6.34. The highest BCUT2D eigenvalue weighted by atomic mass is 16.2. The fourth-order valence-corrected chi connectivity index (χ4v) is 3.53. The number of anilines is 1. The maximum absolute atomic E-state index is 12.0. The van der Waals surface area contributed by atoms with E-state index in [1.165, 1.54) is 5.56 Å². The predicted molar refractivity (Wildman–Crippen MR) is 105 cm³/mol. The predicted octanol–water partition coefficient (Wildman–Crippen LogP) is 1.46. The number of hydrogen-bond donors (Lipinski definition) is 0. The molecule has 0 radical (unpaired) electrons. The maximum atomic E-state index is 12.0. The summed E-state index contributed by atoms with van der Waals surface area (Å²) < 4.78 is 0. The SMILES string of the molecule is CC(=O)N1CCN(Cc2cccnc2)C[C@@H](Cc2cc(N(C)C)ncn2)C1. The summed E-state index contributed by atoms with van der Waals surface area (Å²) in [7, 11) is 3.95. The Morgan fingerprint density at radius 2 is 2.11 bits per heavy atom. The number of rotatable bonds is 5. The molecule has 1 fully saturated rings. The van der Waals surface area contributed by atoms with Crippen LogP contribution in [0.4, 0.5) is 5.82 Å². The Balaban J connectivity index is 1.74. The largest absolute Gasteiger partial charge is 0.363 e. The molecule has 3 heterocycles. The van der Waals surface area contributed by atoms with Crippen LogP contribution in [-0.4, -0.2) is 70.9 Å². The standard InChI is InChI=1S/C20H28N6O/c1-16(27)26-8-7-25(12-17-5-4-6-21-11-17)13-18(14-26)9-19-10-20(24(2)3)23-15-22-19/h4-6,10-11,15,18H,7-9,12-14H2,1-3H3/t18-/m1/s1. The van der Waals surface area contributed by atoms with Crippen LogP contribution in [-0.2, 0) is 17.8 Å². The molecular weight excluding hydrogens is 340 g/mol. The molecule has 2 aromatic rings. The lowest BCUT2D eigenvalue weighted by Gasteiger charge is -2.24. The molecule has 0 saturated carbocycles. The third-order valence-electron chi connectivity index (χ3n) is 4.92. The molecule has 1 atom stereocenters. The van der Waals surface area contributed by atoms with Crippen LogP contribution in [0.1, 0.15) is 18.2 Å². The molecule has 1 saturated heterocycles. The van der Waals surface area contributed by atoms with E-state index < -0.39 is 0 Å². The maximum Gasteiger partial charge on any atom is 0.219 e. The molecular formula is C20H28N6O. The van der Waals surface area contributed by atoms with Crippen molar-refractivity contribution in [2.24, 2.45) is 5.92 Å². The summed E-state index contributed by atoms with van der Waals surface area (Å²) in [5.41, 5.74) is 2.22. The van der Waals surface area contributed by atoms with Crippen LogP contribution < -0.4 is 4.90 Å². The van der Waals surface area contributed by atoms with Gasteiger partial charge < -0.3 is 9.80 Å². The average Bonchev–Trinajstić information content (AvgIpc) is 2.85. The van der Waals surface area contributed by atoms with E-state index in [1.807, 2.05) is 42.2 Å². The van der Waals surface area contributed by atoms with Gasteiger partial charge in [0, 0.05) is 77.9 Å². The molecule has 1 aliphatic heterocycles. The van der Waals surface area contributed by atoms with Gasteiger partial charge >= 0.3 is 0 Å². The monoisotopic (exact) mass is 368 g/mol. The van der Waals surface area contributed by atoms with Gasteiger partial charge in [0.2, 0.25) is 5.91 Å². The molecule has 0 N–H and O–H groups in total. The Labute approximate surface area is 161 Å². The van der Waals surface area contributed by atoms with Crippen molar-refractivity contribution in [3.63, 3.8) is 0 Å². The van der Waals surface area contributed by atoms with Gasteiger partial charge in [0.05, 0.1) is 0 Å². The van der Waals surface area contributed by atoms with Gasteiger partial charge in [0.1, 0.15) is 12.1 Å². The summed E-state index contributed by atoms with van der Waals surface area (Å²) in [6.45, 7) is 5.84. The summed E-state index contributed by atoms with van der Waals surface area (Å²) in [5, 5.41) is 0. The molecule has 27 heavy (non-hydrogen) atoms. The summed E-state index contributed by atoms with van der Waals surface area (Å²) in [6, 6.07) is 6.11. The quantitative estimate of drug-likeness (QED) is 0.796. The lowest BCUT2D eigenvalue weighted by atomic mass is 10.0. The van der Waals surface area contributed by atoms with Crippen molar-refractivity contribution < 1.29 is 4.79 Å². The third kappa shape index (κ3) is 5.47. The minimum absolute atomic E-state index is 0.139. The van der Waals surface area contributed by atoms with Crippen molar-refractivity contribution in [1.29, 1.82) is 0 Å². The molecule has 144 valence electrons. The summed E-state index contributed by atoms with van der Waals surface area (Å²) in [6.07, 6.45) is 6.16. The molecule has 1 amide bonds. The van der Waals surface area contributed by atoms with Crippen molar-refractivity contribution in [2.75, 3.05) is 45.2 Å². The van der Waals surface area contributed by atoms with Crippen molar-refractivity contribution in [2.45, 2.75) is 19.9 Å². The van der Waals surface area contributed by atoms with E-state index >= 15 is 0 Å². The molecule has 7 heteroatoms. The Morgan fingerprint density at radius 3 is 2.81 bits per heavy atom. The summed E-state index contributed by atoms with van der Waals surface area (Å²) in [5.74, 6) is 1.38. The fraction of sp³-hybridized carbons (Fsp3) is 0.500. The van der Waals surface area contributed by atoms with E-state index in [1.54, 1.807) is 19.4 Å². The third-order valence-corrected chi connectivity index (χ3v) is 4.92. The zero-order chi connectivity index (χ0) is 19.2. The first-order chi connectivity index (χ1) is 13.0. The van der Waals surface area contributed by atoms with E-state index in [4.69, 9.17) is 0 Å². The van der Waals surface area contributed by atoms with Gasteiger partial charge in [-0.3, -0.25) is 14.7 Å². The Hall–Kier alpha value is -2.54. The smallest absolute Gasteiger partial charge is 0.219 e. The van der Waals surface area contributed by atoms with Crippen LogP contribution in [0.2, 0.25) is 0 Å². The zero-order valence-electron chi connectivity index (χ0n) is 16.4.